The van der Waals surface area contributed by atoms with Crippen LogP contribution in [0, 0.1) is 17.0 Å². The van der Waals surface area contributed by atoms with Gasteiger partial charge in [-0.2, -0.15) is 4.98 Å². The Hall–Kier alpha value is -3.30. The smallest absolute Gasteiger partial charge is 0.310 e. The lowest BCUT2D eigenvalue weighted by atomic mass is 10.1. The first kappa shape index (κ1) is 21.0. The van der Waals surface area contributed by atoms with Crippen LogP contribution in [-0.4, -0.2) is 64.2 Å². The molecule has 3 aromatic rings. The quantitative estimate of drug-likeness (QED) is 0.403. The Balaban J connectivity index is 1.22. The second-order valence-corrected chi connectivity index (χ2v) is 7.57. The maximum absolute atomic E-state index is 11.1. The fourth-order valence-electron chi connectivity index (χ4n) is 3.52. The zero-order valence-electron chi connectivity index (χ0n) is 17.4. The number of hydrogen-bond acceptors (Lipinski definition) is 8. The van der Waals surface area contributed by atoms with Crippen LogP contribution in [0.1, 0.15) is 11.5 Å². The first-order valence-electron chi connectivity index (χ1n) is 10.3. The van der Waals surface area contributed by atoms with E-state index in [4.69, 9.17) is 9.26 Å². The van der Waals surface area contributed by atoms with E-state index < -0.39 is 4.92 Å². The number of piperazine rings is 1. The number of para-hydroxylation sites is 2. The summed E-state index contributed by atoms with van der Waals surface area (Å²) in [6.07, 6.45) is 0. The summed E-state index contributed by atoms with van der Waals surface area (Å²) in [5.74, 6) is 1.54. The molecular formula is C22H25N5O4. The molecule has 1 fully saturated rings. The molecule has 0 spiro atoms. The summed E-state index contributed by atoms with van der Waals surface area (Å²) in [4.78, 5) is 19.7. The van der Waals surface area contributed by atoms with Crippen molar-refractivity contribution in [2.75, 3.05) is 39.3 Å². The van der Waals surface area contributed by atoms with Crippen LogP contribution in [0.4, 0.5) is 5.69 Å². The summed E-state index contributed by atoms with van der Waals surface area (Å²) in [5, 5.41) is 15.2. The number of hydrogen-bond donors (Lipinski definition) is 0. The predicted octanol–water partition coefficient (Wildman–Crippen LogP) is 3.15. The highest BCUT2D eigenvalue weighted by Crippen LogP contribution is 2.25. The first-order chi connectivity index (χ1) is 15.1. The van der Waals surface area contributed by atoms with E-state index in [0.29, 0.717) is 30.6 Å². The molecule has 2 heterocycles. The van der Waals surface area contributed by atoms with E-state index in [2.05, 4.69) is 19.9 Å². The fraction of sp³-hybridized carbons (Fsp3) is 0.364. The largest absolute Gasteiger partial charge is 0.485 e. The number of benzene rings is 2. The second-order valence-electron chi connectivity index (χ2n) is 7.57. The molecule has 162 valence electrons. The number of nitrogens with zero attached hydrogens (tertiary/aromatic N) is 5. The minimum atomic E-state index is -0.421. The molecule has 1 aliphatic heterocycles. The minimum absolute atomic E-state index is 0.00289. The summed E-state index contributed by atoms with van der Waals surface area (Å²) >= 11 is 0. The van der Waals surface area contributed by atoms with Gasteiger partial charge in [-0.3, -0.25) is 19.9 Å². The zero-order chi connectivity index (χ0) is 21.6. The van der Waals surface area contributed by atoms with Gasteiger partial charge in [-0.25, -0.2) is 0 Å². The van der Waals surface area contributed by atoms with Crippen molar-refractivity contribution in [2.24, 2.45) is 0 Å². The van der Waals surface area contributed by atoms with Crippen LogP contribution in [0.25, 0.3) is 11.4 Å². The molecule has 1 aromatic heterocycles. The number of aryl methyl sites for hydroxylation is 1. The van der Waals surface area contributed by atoms with Gasteiger partial charge in [0.15, 0.2) is 5.75 Å². The molecule has 31 heavy (non-hydrogen) atoms. The lowest BCUT2D eigenvalue weighted by Gasteiger charge is -2.33. The van der Waals surface area contributed by atoms with Gasteiger partial charge in [0.1, 0.15) is 6.61 Å². The monoisotopic (exact) mass is 423 g/mol. The van der Waals surface area contributed by atoms with E-state index in [1.165, 1.54) is 11.6 Å². The highest BCUT2D eigenvalue weighted by atomic mass is 16.6. The van der Waals surface area contributed by atoms with Crippen LogP contribution in [-0.2, 0) is 6.54 Å². The van der Waals surface area contributed by atoms with Gasteiger partial charge >= 0.3 is 5.69 Å². The van der Waals surface area contributed by atoms with E-state index in [-0.39, 0.29) is 5.69 Å². The topological polar surface area (TPSA) is 97.8 Å². The molecule has 0 bridgehead atoms. The summed E-state index contributed by atoms with van der Waals surface area (Å²) in [7, 11) is 0. The van der Waals surface area contributed by atoms with Gasteiger partial charge in [0.2, 0.25) is 11.7 Å². The Morgan fingerprint density at radius 1 is 1.06 bits per heavy atom. The molecule has 0 saturated carbocycles. The van der Waals surface area contributed by atoms with E-state index in [1.807, 2.05) is 31.2 Å². The Morgan fingerprint density at radius 2 is 1.77 bits per heavy atom. The molecule has 9 heteroatoms. The van der Waals surface area contributed by atoms with Crippen molar-refractivity contribution in [3.05, 3.63) is 70.1 Å². The minimum Gasteiger partial charge on any atom is -0.485 e. The zero-order valence-corrected chi connectivity index (χ0v) is 17.4. The third kappa shape index (κ3) is 5.44. The van der Waals surface area contributed by atoms with E-state index >= 15 is 0 Å². The SMILES string of the molecule is Cc1ccc(-c2noc(CN3CCN(CCOc4ccccc4[N+](=O)[O-])CC3)n2)cc1. The summed E-state index contributed by atoms with van der Waals surface area (Å²) in [6.45, 7) is 7.34. The number of ether oxygens (including phenoxy) is 1. The van der Waals surface area contributed by atoms with Crippen molar-refractivity contribution in [3.63, 3.8) is 0 Å². The van der Waals surface area contributed by atoms with Crippen molar-refractivity contribution < 1.29 is 14.2 Å². The number of rotatable bonds is 8. The van der Waals surface area contributed by atoms with Crippen LogP contribution in [0.5, 0.6) is 5.75 Å². The van der Waals surface area contributed by atoms with Crippen molar-refractivity contribution in [1.29, 1.82) is 0 Å². The van der Waals surface area contributed by atoms with Gasteiger partial charge in [0.05, 0.1) is 11.5 Å². The average molecular weight is 423 g/mol. The Kier molecular flexibility index (Phi) is 6.54. The summed E-state index contributed by atoms with van der Waals surface area (Å²) in [6, 6.07) is 14.5. The maximum atomic E-state index is 11.1. The average Bonchev–Trinajstić information content (AvgIpc) is 3.24. The normalized spacial score (nSPS) is 15.1. The Labute approximate surface area is 180 Å². The highest BCUT2D eigenvalue weighted by Gasteiger charge is 2.20. The molecule has 0 radical (unpaired) electrons. The lowest BCUT2D eigenvalue weighted by Crippen LogP contribution is -2.47. The molecule has 0 atom stereocenters. The predicted molar refractivity (Wildman–Crippen MR) is 115 cm³/mol. The highest BCUT2D eigenvalue weighted by molar-refractivity contribution is 5.54. The maximum Gasteiger partial charge on any atom is 0.310 e. The van der Waals surface area contributed by atoms with Gasteiger partial charge in [0.25, 0.3) is 0 Å². The molecule has 0 aliphatic carbocycles. The third-order valence-corrected chi connectivity index (χ3v) is 5.33. The van der Waals surface area contributed by atoms with Crippen molar-refractivity contribution in [2.45, 2.75) is 13.5 Å². The van der Waals surface area contributed by atoms with Crippen molar-refractivity contribution in [3.8, 4) is 17.1 Å². The van der Waals surface area contributed by atoms with Crippen LogP contribution < -0.4 is 4.74 Å². The van der Waals surface area contributed by atoms with Crippen LogP contribution in [0.2, 0.25) is 0 Å². The van der Waals surface area contributed by atoms with E-state index in [0.717, 1.165) is 38.3 Å². The second kappa shape index (κ2) is 9.67. The molecule has 2 aromatic carbocycles. The van der Waals surface area contributed by atoms with Crippen LogP contribution in [0.15, 0.2) is 53.1 Å². The summed E-state index contributed by atoms with van der Waals surface area (Å²) < 4.78 is 11.1. The first-order valence-corrected chi connectivity index (χ1v) is 10.3. The molecule has 9 nitrogen and oxygen atoms in total. The summed E-state index contributed by atoms with van der Waals surface area (Å²) in [5.41, 5.74) is 2.14. The molecule has 4 rings (SSSR count). The molecule has 1 saturated heterocycles. The van der Waals surface area contributed by atoms with Gasteiger partial charge in [-0.1, -0.05) is 47.1 Å². The van der Waals surface area contributed by atoms with E-state index in [9.17, 15) is 10.1 Å². The van der Waals surface area contributed by atoms with Gasteiger partial charge in [0, 0.05) is 44.4 Å². The molecule has 0 amide bonds. The van der Waals surface area contributed by atoms with E-state index in [1.54, 1.807) is 18.2 Å². The molecule has 0 unspecified atom stereocenters. The third-order valence-electron chi connectivity index (χ3n) is 5.33. The van der Waals surface area contributed by atoms with Crippen molar-refractivity contribution in [1.82, 2.24) is 19.9 Å². The van der Waals surface area contributed by atoms with Crippen molar-refractivity contribution >= 4 is 5.69 Å². The standard InChI is InChI=1S/C22H25N5O4/c1-17-6-8-18(9-7-17)22-23-21(31-24-22)16-26-12-10-25(11-13-26)14-15-30-20-5-3-2-4-19(20)27(28)29/h2-9H,10-16H2,1H3. The Bertz CT molecular complexity index is 1010. The van der Waals surface area contributed by atoms with Gasteiger partial charge < -0.3 is 9.26 Å². The number of nitro benzene ring substituents is 1. The van der Waals surface area contributed by atoms with Gasteiger partial charge in [-0.15, -0.1) is 0 Å². The van der Waals surface area contributed by atoms with Crippen LogP contribution in [0.3, 0.4) is 0 Å². The Morgan fingerprint density at radius 3 is 2.52 bits per heavy atom. The number of aromatic nitrogens is 2. The number of nitro groups is 1. The lowest BCUT2D eigenvalue weighted by molar-refractivity contribution is -0.385. The van der Waals surface area contributed by atoms with Crippen LogP contribution >= 0.6 is 0 Å². The molecule has 0 N–H and O–H groups in total. The molecular weight excluding hydrogens is 398 g/mol. The van der Waals surface area contributed by atoms with Gasteiger partial charge in [-0.05, 0) is 13.0 Å². The molecule has 1 aliphatic rings. The fourth-order valence-corrected chi connectivity index (χ4v) is 3.52.